The van der Waals surface area contributed by atoms with E-state index in [1.54, 1.807) is 11.6 Å². The molecule has 0 unspecified atom stereocenters. The van der Waals surface area contributed by atoms with E-state index in [0.29, 0.717) is 24.1 Å². The maximum Gasteiger partial charge on any atom is 0.332 e. The lowest BCUT2D eigenvalue weighted by Crippen LogP contribution is -2.39. The average Bonchev–Trinajstić information content (AvgIpc) is 3.30. The number of aromatic nitrogens is 4. The average molecular weight is 618 g/mol. The Bertz CT molecular complexity index is 1480. The maximum atomic E-state index is 13.0. The molecule has 0 N–H and O–H groups in total. The van der Waals surface area contributed by atoms with Gasteiger partial charge in [-0.05, 0) is 30.1 Å². The third-order valence-electron chi connectivity index (χ3n) is 7.80. The molecule has 4 rings (SSSR count). The molecule has 0 bridgehead atoms. The van der Waals surface area contributed by atoms with Crippen molar-refractivity contribution in [2.75, 3.05) is 32.7 Å². The Morgan fingerprint density at radius 1 is 0.786 bits per heavy atom. The predicted molar refractivity (Wildman–Crippen MR) is 177 cm³/mol. The molecule has 10 heteroatoms. The van der Waals surface area contributed by atoms with Crippen LogP contribution in [0, 0.1) is 5.92 Å². The SMILES string of the molecule is CCN(CCc1nc2c(c(=O)n(C)c(=O)n2CC(C)C)n1C)CCN(CC)C(c1ccccc1)c1ccccc1.Cl.Cl. The van der Waals surface area contributed by atoms with Gasteiger partial charge in [-0.3, -0.25) is 18.8 Å². The van der Waals surface area contributed by atoms with Gasteiger partial charge in [-0.1, -0.05) is 88.4 Å². The number of benzene rings is 2. The quantitative estimate of drug-likeness (QED) is 0.213. The van der Waals surface area contributed by atoms with Crippen LogP contribution in [0.4, 0.5) is 0 Å². The molecule has 4 aromatic rings. The van der Waals surface area contributed by atoms with E-state index in [-0.39, 0.29) is 48.0 Å². The zero-order valence-electron chi connectivity index (χ0n) is 25.7. The van der Waals surface area contributed by atoms with Crippen LogP contribution < -0.4 is 11.2 Å². The highest BCUT2D eigenvalue weighted by atomic mass is 35.5. The highest BCUT2D eigenvalue weighted by Gasteiger charge is 2.22. The van der Waals surface area contributed by atoms with E-state index in [0.717, 1.165) is 38.5 Å². The first-order valence-electron chi connectivity index (χ1n) is 14.5. The van der Waals surface area contributed by atoms with Gasteiger partial charge in [0.15, 0.2) is 11.2 Å². The Kier molecular flexibility index (Phi) is 13.5. The van der Waals surface area contributed by atoms with Crippen molar-refractivity contribution >= 4 is 36.0 Å². The zero-order valence-corrected chi connectivity index (χ0v) is 27.3. The van der Waals surface area contributed by atoms with Crippen LogP contribution >= 0.6 is 24.8 Å². The highest BCUT2D eigenvalue weighted by Crippen LogP contribution is 2.28. The van der Waals surface area contributed by atoms with E-state index in [4.69, 9.17) is 4.98 Å². The van der Waals surface area contributed by atoms with Crippen LogP contribution in [0.5, 0.6) is 0 Å². The van der Waals surface area contributed by atoms with Gasteiger partial charge in [-0.2, -0.15) is 0 Å². The van der Waals surface area contributed by atoms with Crippen LogP contribution in [0.15, 0.2) is 70.3 Å². The topological polar surface area (TPSA) is 68.3 Å². The number of fused-ring (bicyclic) bond motifs is 1. The Morgan fingerprint density at radius 2 is 1.36 bits per heavy atom. The summed E-state index contributed by atoms with van der Waals surface area (Å²) in [5.41, 5.74) is 2.98. The van der Waals surface area contributed by atoms with Gasteiger partial charge < -0.3 is 9.47 Å². The second-order valence-electron chi connectivity index (χ2n) is 10.9. The summed E-state index contributed by atoms with van der Waals surface area (Å²) in [5.74, 6) is 1.09. The van der Waals surface area contributed by atoms with Crippen LogP contribution in [-0.4, -0.2) is 61.2 Å². The minimum atomic E-state index is -0.308. The monoisotopic (exact) mass is 616 g/mol. The lowest BCUT2D eigenvalue weighted by molar-refractivity contribution is 0.187. The third kappa shape index (κ3) is 7.72. The fourth-order valence-electron chi connectivity index (χ4n) is 5.54. The summed E-state index contributed by atoms with van der Waals surface area (Å²) >= 11 is 0. The summed E-state index contributed by atoms with van der Waals surface area (Å²) in [5, 5.41) is 0. The van der Waals surface area contributed by atoms with Gasteiger partial charge >= 0.3 is 5.69 Å². The molecule has 0 fully saturated rings. The number of nitrogens with zero attached hydrogens (tertiary/aromatic N) is 6. The molecule has 0 atom stereocenters. The fourth-order valence-corrected chi connectivity index (χ4v) is 5.54. The Morgan fingerprint density at radius 3 is 1.86 bits per heavy atom. The van der Waals surface area contributed by atoms with Crippen LogP contribution in [0.1, 0.15) is 50.7 Å². The molecule has 0 amide bonds. The van der Waals surface area contributed by atoms with E-state index < -0.39 is 0 Å². The molecule has 2 aromatic heterocycles. The smallest absolute Gasteiger partial charge is 0.325 e. The standard InChI is InChI=1S/C32H44N6O2.2ClH/c1-7-36(21-22-37(8-2)28(25-15-11-9-12-16-25)26-17-13-10-14-18-26)20-19-27-33-30-29(34(27)5)31(39)35(6)32(40)38(30)23-24(3)4;;/h9-18,24,28H,7-8,19-23H2,1-6H3;2*1H. The molecule has 2 heterocycles. The van der Waals surface area contributed by atoms with Crippen LogP contribution in [0.3, 0.4) is 0 Å². The van der Waals surface area contributed by atoms with Crippen molar-refractivity contribution < 1.29 is 0 Å². The second-order valence-corrected chi connectivity index (χ2v) is 10.9. The summed E-state index contributed by atoms with van der Waals surface area (Å²) in [6.07, 6.45) is 0.699. The molecule has 0 aliphatic carbocycles. The van der Waals surface area contributed by atoms with Gasteiger partial charge in [0, 0.05) is 46.7 Å². The number of hydrogen-bond acceptors (Lipinski definition) is 5. The number of halogens is 2. The summed E-state index contributed by atoms with van der Waals surface area (Å²) in [6, 6.07) is 21.6. The minimum Gasteiger partial charge on any atom is -0.325 e. The first-order chi connectivity index (χ1) is 19.3. The van der Waals surface area contributed by atoms with Crippen molar-refractivity contribution in [1.29, 1.82) is 0 Å². The van der Waals surface area contributed by atoms with Crippen LogP contribution in [-0.2, 0) is 27.1 Å². The normalized spacial score (nSPS) is 11.5. The van der Waals surface area contributed by atoms with Gasteiger partial charge in [-0.15, -0.1) is 24.8 Å². The Balaban J connectivity index is 0.00000308. The highest BCUT2D eigenvalue weighted by molar-refractivity contribution is 5.85. The van der Waals surface area contributed by atoms with Gasteiger partial charge in [0.25, 0.3) is 5.56 Å². The van der Waals surface area contributed by atoms with Gasteiger partial charge in [-0.25, -0.2) is 9.78 Å². The van der Waals surface area contributed by atoms with Crippen molar-refractivity contribution in [2.45, 2.75) is 46.7 Å². The molecule has 0 aliphatic rings. The first-order valence-corrected chi connectivity index (χ1v) is 14.5. The molecule has 0 saturated carbocycles. The van der Waals surface area contributed by atoms with Crippen LogP contribution in [0.25, 0.3) is 11.2 Å². The largest absolute Gasteiger partial charge is 0.332 e. The lowest BCUT2D eigenvalue weighted by atomic mass is 9.97. The maximum absolute atomic E-state index is 13.0. The Hall–Kier alpha value is -2.91. The summed E-state index contributed by atoms with van der Waals surface area (Å²) in [7, 11) is 3.43. The third-order valence-corrected chi connectivity index (χ3v) is 7.80. The second kappa shape index (κ2) is 16.1. The van der Waals surface area contributed by atoms with E-state index >= 15 is 0 Å². The minimum absolute atomic E-state index is 0. The molecular formula is C32H46Cl2N6O2. The number of likely N-dealkylation sites (N-methyl/N-ethyl adjacent to an activating group) is 2. The van der Waals surface area contributed by atoms with Crippen molar-refractivity contribution in [1.82, 2.24) is 28.5 Å². The molecule has 230 valence electrons. The predicted octanol–water partition coefficient (Wildman–Crippen LogP) is 4.91. The Labute approximate surface area is 261 Å². The van der Waals surface area contributed by atoms with Gasteiger partial charge in [0.2, 0.25) is 0 Å². The first kappa shape index (κ1) is 35.3. The number of imidazole rings is 1. The van der Waals surface area contributed by atoms with Crippen LogP contribution in [0.2, 0.25) is 0 Å². The van der Waals surface area contributed by atoms with Crippen molar-refractivity contribution in [3.63, 3.8) is 0 Å². The van der Waals surface area contributed by atoms with E-state index in [1.165, 1.54) is 15.7 Å². The number of rotatable bonds is 13. The van der Waals surface area contributed by atoms with Gasteiger partial charge in [0.1, 0.15) is 5.82 Å². The fraction of sp³-hybridized carbons (Fsp3) is 0.469. The molecule has 0 radical (unpaired) electrons. The molecule has 8 nitrogen and oxygen atoms in total. The molecule has 0 saturated heterocycles. The number of aryl methyl sites for hydroxylation is 1. The van der Waals surface area contributed by atoms with Crippen molar-refractivity contribution in [2.24, 2.45) is 20.0 Å². The molecule has 2 aromatic carbocycles. The lowest BCUT2D eigenvalue weighted by Gasteiger charge is -2.33. The van der Waals surface area contributed by atoms with E-state index in [9.17, 15) is 9.59 Å². The molecule has 0 spiro atoms. The zero-order chi connectivity index (χ0) is 28.8. The molecule has 42 heavy (non-hydrogen) atoms. The van der Waals surface area contributed by atoms with Crippen molar-refractivity contribution in [3.8, 4) is 0 Å². The van der Waals surface area contributed by atoms with E-state index in [1.807, 2.05) is 11.6 Å². The summed E-state index contributed by atoms with van der Waals surface area (Å²) < 4.78 is 4.72. The summed E-state index contributed by atoms with van der Waals surface area (Å²) in [4.78, 5) is 35.7. The summed E-state index contributed by atoms with van der Waals surface area (Å²) in [6.45, 7) is 13.6. The molecular weight excluding hydrogens is 571 g/mol. The molecule has 0 aliphatic heterocycles. The van der Waals surface area contributed by atoms with E-state index in [2.05, 4.69) is 98.2 Å². The van der Waals surface area contributed by atoms with Crippen molar-refractivity contribution in [3.05, 3.63) is 98.5 Å². The number of hydrogen-bond donors (Lipinski definition) is 0. The van der Waals surface area contributed by atoms with Gasteiger partial charge in [0.05, 0.1) is 6.04 Å².